The lowest BCUT2D eigenvalue weighted by Gasteiger charge is -2.40. The van der Waals surface area contributed by atoms with Crippen LogP contribution in [0.5, 0.6) is 0 Å². The number of aryl methyl sites for hydroxylation is 1. The molecule has 1 N–H and O–H groups in total. The van der Waals surface area contributed by atoms with Gasteiger partial charge >= 0.3 is 5.97 Å². The molecular weight excluding hydrogens is 254 g/mol. The van der Waals surface area contributed by atoms with E-state index in [0.29, 0.717) is 12.6 Å². The van der Waals surface area contributed by atoms with Crippen LogP contribution < -0.4 is 0 Å². The average Bonchev–Trinajstić information content (AvgIpc) is 2.46. The van der Waals surface area contributed by atoms with Crippen molar-refractivity contribution in [1.29, 1.82) is 0 Å². The molecule has 1 aromatic rings. The Labute approximate surface area is 119 Å². The quantitative estimate of drug-likeness (QED) is 0.919. The lowest BCUT2D eigenvalue weighted by molar-refractivity contribution is -0.142. The summed E-state index contributed by atoms with van der Waals surface area (Å²) < 4.78 is 5.58. The molecule has 1 aromatic carbocycles. The van der Waals surface area contributed by atoms with Gasteiger partial charge in [0.1, 0.15) is 0 Å². The summed E-state index contributed by atoms with van der Waals surface area (Å²) in [5.41, 5.74) is 2.87. The molecule has 0 saturated carbocycles. The van der Waals surface area contributed by atoms with Crippen molar-refractivity contribution in [3.63, 3.8) is 0 Å². The van der Waals surface area contributed by atoms with Gasteiger partial charge in [0.05, 0.1) is 19.1 Å². The molecular formula is C16H21NO3. The number of benzene rings is 1. The normalized spacial score (nSPS) is 27.0. The SMILES string of the molecule is O=C(O)CC1CN(C2CCCc3ccccc32)CCO1. The zero-order chi connectivity index (χ0) is 13.9. The van der Waals surface area contributed by atoms with Gasteiger partial charge in [0.15, 0.2) is 0 Å². The Bertz CT molecular complexity index is 488. The summed E-state index contributed by atoms with van der Waals surface area (Å²) >= 11 is 0. The fourth-order valence-corrected chi connectivity index (χ4v) is 3.45. The summed E-state index contributed by atoms with van der Waals surface area (Å²) in [6.45, 7) is 2.26. The van der Waals surface area contributed by atoms with Gasteiger partial charge in [0.2, 0.25) is 0 Å². The van der Waals surface area contributed by atoms with Crippen molar-refractivity contribution in [2.24, 2.45) is 0 Å². The minimum Gasteiger partial charge on any atom is -0.481 e. The zero-order valence-corrected chi connectivity index (χ0v) is 11.6. The molecule has 20 heavy (non-hydrogen) atoms. The third-order valence-corrected chi connectivity index (χ3v) is 4.35. The van der Waals surface area contributed by atoms with Crippen molar-refractivity contribution < 1.29 is 14.6 Å². The highest BCUT2D eigenvalue weighted by Crippen LogP contribution is 2.35. The van der Waals surface area contributed by atoms with E-state index in [2.05, 4.69) is 29.2 Å². The Morgan fingerprint density at radius 1 is 1.40 bits per heavy atom. The highest BCUT2D eigenvalue weighted by atomic mass is 16.5. The molecule has 0 bridgehead atoms. The lowest BCUT2D eigenvalue weighted by atomic mass is 9.86. The highest BCUT2D eigenvalue weighted by Gasteiger charge is 2.30. The van der Waals surface area contributed by atoms with E-state index in [1.54, 1.807) is 0 Å². The van der Waals surface area contributed by atoms with E-state index < -0.39 is 5.97 Å². The van der Waals surface area contributed by atoms with Crippen LogP contribution >= 0.6 is 0 Å². The molecule has 0 radical (unpaired) electrons. The molecule has 1 saturated heterocycles. The molecule has 1 aliphatic heterocycles. The van der Waals surface area contributed by atoms with Gasteiger partial charge in [0, 0.05) is 19.1 Å². The van der Waals surface area contributed by atoms with Crippen LogP contribution in [0.25, 0.3) is 0 Å². The van der Waals surface area contributed by atoms with Crippen molar-refractivity contribution in [3.8, 4) is 0 Å². The van der Waals surface area contributed by atoms with E-state index in [4.69, 9.17) is 9.84 Å². The van der Waals surface area contributed by atoms with Crippen LogP contribution in [0.1, 0.15) is 36.4 Å². The number of aliphatic carboxylic acids is 1. The van der Waals surface area contributed by atoms with Gasteiger partial charge < -0.3 is 9.84 Å². The van der Waals surface area contributed by atoms with E-state index in [1.807, 2.05) is 0 Å². The number of carbonyl (C=O) groups is 1. The third kappa shape index (κ3) is 2.86. The highest BCUT2D eigenvalue weighted by molar-refractivity contribution is 5.67. The Hall–Kier alpha value is -1.39. The minimum absolute atomic E-state index is 0.102. The van der Waals surface area contributed by atoms with Crippen LogP contribution in [0, 0.1) is 0 Å². The molecule has 1 aliphatic carbocycles. The predicted octanol–water partition coefficient (Wildman–Crippen LogP) is 2.24. The van der Waals surface area contributed by atoms with E-state index in [9.17, 15) is 4.79 Å². The second-order valence-electron chi connectivity index (χ2n) is 5.69. The van der Waals surface area contributed by atoms with Gasteiger partial charge in [-0.1, -0.05) is 24.3 Å². The van der Waals surface area contributed by atoms with Gasteiger partial charge in [-0.15, -0.1) is 0 Å². The topological polar surface area (TPSA) is 49.8 Å². The summed E-state index contributed by atoms with van der Waals surface area (Å²) in [7, 11) is 0. The maximum Gasteiger partial charge on any atom is 0.306 e. The molecule has 2 atom stereocenters. The molecule has 0 amide bonds. The fraction of sp³-hybridized carbons (Fsp3) is 0.562. The molecule has 4 heteroatoms. The maximum atomic E-state index is 10.9. The molecule has 1 fully saturated rings. The van der Waals surface area contributed by atoms with Crippen LogP contribution in [-0.4, -0.2) is 41.8 Å². The van der Waals surface area contributed by atoms with E-state index in [1.165, 1.54) is 17.5 Å². The number of hydrogen-bond donors (Lipinski definition) is 1. The zero-order valence-electron chi connectivity index (χ0n) is 11.6. The summed E-state index contributed by atoms with van der Waals surface area (Å²) in [5.74, 6) is -0.777. The van der Waals surface area contributed by atoms with Crippen molar-refractivity contribution in [1.82, 2.24) is 4.90 Å². The maximum absolute atomic E-state index is 10.9. The molecule has 0 aromatic heterocycles. The molecule has 108 valence electrons. The summed E-state index contributed by atoms with van der Waals surface area (Å²) in [5, 5.41) is 8.92. The van der Waals surface area contributed by atoms with Crippen LogP contribution in [0.2, 0.25) is 0 Å². The molecule has 2 unspecified atom stereocenters. The average molecular weight is 275 g/mol. The minimum atomic E-state index is -0.777. The summed E-state index contributed by atoms with van der Waals surface area (Å²) in [6.07, 6.45) is 3.47. The largest absolute Gasteiger partial charge is 0.481 e. The van der Waals surface area contributed by atoms with Crippen LogP contribution in [-0.2, 0) is 16.0 Å². The molecule has 0 spiro atoms. The number of hydrogen-bond acceptors (Lipinski definition) is 3. The van der Waals surface area contributed by atoms with Crippen LogP contribution in [0.4, 0.5) is 0 Å². The Morgan fingerprint density at radius 3 is 3.10 bits per heavy atom. The first kappa shape index (κ1) is 13.6. The van der Waals surface area contributed by atoms with Crippen molar-refractivity contribution in [2.75, 3.05) is 19.7 Å². The number of fused-ring (bicyclic) bond motifs is 1. The van der Waals surface area contributed by atoms with E-state index in [0.717, 1.165) is 25.9 Å². The van der Waals surface area contributed by atoms with E-state index >= 15 is 0 Å². The predicted molar refractivity (Wildman–Crippen MR) is 75.7 cm³/mol. The number of carboxylic acids is 1. The number of ether oxygens (including phenoxy) is 1. The first-order chi connectivity index (χ1) is 9.74. The lowest BCUT2D eigenvalue weighted by Crippen LogP contribution is -2.45. The number of rotatable bonds is 3. The summed E-state index contributed by atoms with van der Waals surface area (Å²) in [4.78, 5) is 13.3. The Kier molecular flexibility index (Phi) is 4.03. The first-order valence-corrected chi connectivity index (χ1v) is 7.39. The van der Waals surface area contributed by atoms with Crippen molar-refractivity contribution >= 4 is 5.97 Å². The molecule has 1 heterocycles. The number of carboxylic acid groups (broad SMARTS) is 1. The van der Waals surface area contributed by atoms with Gasteiger partial charge in [-0.3, -0.25) is 9.69 Å². The monoisotopic (exact) mass is 275 g/mol. The molecule has 4 nitrogen and oxygen atoms in total. The van der Waals surface area contributed by atoms with Gasteiger partial charge in [-0.05, 0) is 30.4 Å². The van der Waals surface area contributed by atoms with Crippen molar-refractivity contribution in [2.45, 2.75) is 37.8 Å². The van der Waals surface area contributed by atoms with Crippen molar-refractivity contribution in [3.05, 3.63) is 35.4 Å². The second kappa shape index (κ2) is 5.94. The van der Waals surface area contributed by atoms with Gasteiger partial charge in [0.25, 0.3) is 0 Å². The van der Waals surface area contributed by atoms with Gasteiger partial charge in [-0.2, -0.15) is 0 Å². The molecule has 3 rings (SSSR count). The third-order valence-electron chi connectivity index (χ3n) is 4.35. The van der Waals surface area contributed by atoms with Crippen LogP contribution in [0.15, 0.2) is 24.3 Å². The first-order valence-electron chi connectivity index (χ1n) is 7.39. The molecule has 2 aliphatic rings. The Morgan fingerprint density at radius 2 is 2.25 bits per heavy atom. The number of nitrogens with zero attached hydrogens (tertiary/aromatic N) is 1. The Balaban J connectivity index is 1.74. The second-order valence-corrected chi connectivity index (χ2v) is 5.69. The smallest absolute Gasteiger partial charge is 0.306 e. The number of morpholine rings is 1. The summed E-state index contributed by atoms with van der Waals surface area (Å²) in [6, 6.07) is 9.08. The van der Waals surface area contributed by atoms with Gasteiger partial charge in [-0.25, -0.2) is 0 Å². The fourth-order valence-electron chi connectivity index (χ4n) is 3.45. The van der Waals surface area contributed by atoms with Crippen LogP contribution in [0.3, 0.4) is 0 Å². The standard InChI is InChI=1S/C16H21NO3/c18-16(19)10-13-11-17(8-9-20-13)15-7-3-5-12-4-1-2-6-14(12)15/h1-2,4,6,13,15H,3,5,7-11H2,(H,18,19). The van der Waals surface area contributed by atoms with E-state index in [-0.39, 0.29) is 12.5 Å².